The monoisotopic (exact) mass is 408 g/mol. The zero-order chi connectivity index (χ0) is 19.1. The van der Waals surface area contributed by atoms with Gasteiger partial charge in [-0.2, -0.15) is 0 Å². The number of benzene rings is 1. The topological polar surface area (TPSA) is 57.7 Å². The van der Waals surface area contributed by atoms with Gasteiger partial charge in [0.05, 0.1) is 23.1 Å². The maximum Gasteiger partial charge on any atom is 0.234 e. The molecule has 1 amide bonds. The van der Waals surface area contributed by atoms with E-state index in [0.717, 1.165) is 37.7 Å². The van der Waals surface area contributed by atoms with Crippen molar-refractivity contribution in [1.82, 2.24) is 15.2 Å². The fourth-order valence-corrected chi connectivity index (χ4v) is 3.39. The average Bonchev–Trinajstić information content (AvgIpc) is 2.67. The number of rotatable bonds is 7. The third kappa shape index (κ3) is 5.99. The zero-order valence-electron chi connectivity index (χ0n) is 14.9. The van der Waals surface area contributed by atoms with Crippen molar-refractivity contribution in [3.05, 3.63) is 52.6 Å². The van der Waals surface area contributed by atoms with Gasteiger partial charge in [-0.25, -0.2) is 4.98 Å². The molecule has 0 unspecified atom stereocenters. The lowest BCUT2D eigenvalue weighted by molar-refractivity contribution is -0.122. The number of amides is 1. The van der Waals surface area contributed by atoms with Gasteiger partial charge in [0.1, 0.15) is 18.2 Å². The van der Waals surface area contributed by atoms with Gasteiger partial charge in [0.15, 0.2) is 0 Å². The van der Waals surface area contributed by atoms with Crippen molar-refractivity contribution in [3.63, 3.8) is 0 Å². The number of carbonyl (C=O) groups excluding carboxylic acids is 1. The molecule has 27 heavy (non-hydrogen) atoms. The van der Waals surface area contributed by atoms with Crippen LogP contribution in [-0.4, -0.2) is 61.7 Å². The number of halogens is 2. The summed E-state index contributed by atoms with van der Waals surface area (Å²) in [4.78, 5) is 20.6. The molecule has 2 aromatic rings. The number of anilines is 1. The summed E-state index contributed by atoms with van der Waals surface area (Å²) in [5.74, 6) is 1.54. The van der Waals surface area contributed by atoms with Crippen LogP contribution in [0.15, 0.2) is 42.6 Å². The summed E-state index contributed by atoms with van der Waals surface area (Å²) >= 11 is 12.1. The first-order valence-electron chi connectivity index (χ1n) is 8.85. The third-order valence-corrected chi connectivity index (χ3v) is 4.75. The normalized spacial score (nSPS) is 14.8. The van der Waals surface area contributed by atoms with Crippen molar-refractivity contribution in [2.24, 2.45) is 0 Å². The first-order chi connectivity index (χ1) is 13.1. The largest absolute Gasteiger partial charge is 0.492 e. The van der Waals surface area contributed by atoms with Gasteiger partial charge in [0, 0.05) is 32.4 Å². The van der Waals surface area contributed by atoms with Crippen LogP contribution in [0.2, 0.25) is 10.0 Å². The summed E-state index contributed by atoms with van der Waals surface area (Å²) in [6.45, 7) is 4.38. The van der Waals surface area contributed by atoms with Crippen LogP contribution in [0.4, 0.5) is 5.82 Å². The number of ether oxygens (including phenoxy) is 1. The van der Waals surface area contributed by atoms with Crippen molar-refractivity contribution in [2.45, 2.75) is 0 Å². The Kier molecular flexibility index (Phi) is 7.15. The Morgan fingerprint density at radius 3 is 2.59 bits per heavy atom. The Morgan fingerprint density at radius 1 is 1.15 bits per heavy atom. The van der Waals surface area contributed by atoms with E-state index in [-0.39, 0.29) is 5.91 Å². The summed E-state index contributed by atoms with van der Waals surface area (Å²) < 4.78 is 5.57. The van der Waals surface area contributed by atoms with E-state index in [2.05, 4.69) is 20.1 Å². The quantitative estimate of drug-likeness (QED) is 0.713. The van der Waals surface area contributed by atoms with Gasteiger partial charge in [-0.3, -0.25) is 9.69 Å². The van der Waals surface area contributed by atoms with E-state index in [4.69, 9.17) is 27.9 Å². The number of piperazine rings is 1. The molecule has 1 aromatic carbocycles. The summed E-state index contributed by atoms with van der Waals surface area (Å²) in [7, 11) is 0. The second kappa shape index (κ2) is 9.78. The van der Waals surface area contributed by atoms with Crippen molar-refractivity contribution >= 4 is 34.9 Å². The third-order valence-electron chi connectivity index (χ3n) is 4.26. The Hall–Kier alpha value is -2.02. The predicted molar refractivity (Wildman–Crippen MR) is 108 cm³/mol. The molecule has 0 spiro atoms. The van der Waals surface area contributed by atoms with Gasteiger partial charge in [-0.15, -0.1) is 0 Å². The Balaban J connectivity index is 1.35. The van der Waals surface area contributed by atoms with Gasteiger partial charge < -0.3 is 15.0 Å². The number of carbonyl (C=O) groups is 1. The second-order valence-electron chi connectivity index (χ2n) is 6.23. The SMILES string of the molecule is O=C(CN1CCN(c2ncc(Cl)cc2Cl)CC1)NCCOc1ccccc1. The fourth-order valence-electron chi connectivity index (χ4n) is 2.89. The molecule has 144 valence electrons. The Bertz CT molecular complexity index is 753. The van der Waals surface area contributed by atoms with E-state index >= 15 is 0 Å². The van der Waals surface area contributed by atoms with Crippen LogP contribution in [0, 0.1) is 0 Å². The van der Waals surface area contributed by atoms with Crippen LogP contribution in [0.25, 0.3) is 0 Å². The zero-order valence-corrected chi connectivity index (χ0v) is 16.4. The number of para-hydroxylation sites is 1. The lowest BCUT2D eigenvalue weighted by Crippen LogP contribution is -2.50. The molecule has 1 saturated heterocycles. The molecular weight excluding hydrogens is 387 g/mol. The van der Waals surface area contributed by atoms with Crippen LogP contribution in [0.1, 0.15) is 0 Å². The number of nitrogens with zero attached hydrogens (tertiary/aromatic N) is 3. The molecule has 1 aliphatic heterocycles. The summed E-state index contributed by atoms with van der Waals surface area (Å²) in [6.07, 6.45) is 1.60. The minimum atomic E-state index is 0.00256. The average molecular weight is 409 g/mol. The van der Waals surface area contributed by atoms with Crippen LogP contribution < -0.4 is 15.0 Å². The van der Waals surface area contributed by atoms with Gasteiger partial charge in [-0.05, 0) is 18.2 Å². The molecule has 1 aliphatic rings. The van der Waals surface area contributed by atoms with Crippen LogP contribution in [0.5, 0.6) is 5.75 Å². The molecule has 0 atom stereocenters. The van der Waals surface area contributed by atoms with Gasteiger partial charge in [0.25, 0.3) is 0 Å². The molecule has 3 rings (SSSR count). The number of nitrogens with one attached hydrogen (secondary N) is 1. The maximum absolute atomic E-state index is 12.1. The van der Waals surface area contributed by atoms with E-state index in [1.165, 1.54) is 0 Å². The van der Waals surface area contributed by atoms with Crippen molar-refractivity contribution < 1.29 is 9.53 Å². The van der Waals surface area contributed by atoms with E-state index in [1.54, 1.807) is 12.3 Å². The van der Waals surface area contributed by atoms with Gasteiger partial charge in [0.2, 0.25) is 5.91 Å². The molecule has 1 N–H and O–H groups in total. The molecule has 0 saturated carbocycles. The van der Waals surface area contributed by atoms with E-state index < -0.39 is 0 Å². The minimum absolute atomic E-state index is 0.00256. The number of aromatic nitrogens is 1. The van der Waals surface area contributed by atoms with Gasteiger partial charge in [-0.1, -0.05) is 41.4 Å². The highest BCUT2D eigenvalue weighted by Gasteiger charge is 2.21. The first kappa shape index (κ1) is 19.7. The molecular formula is C19H22Cl2N4O2. The molecule has 2 heterocycles. The maximum atomic E-state index is 12.1. The molecule has 1 aromatic heterocycles. The molecule has 1 fully saturated rings. The summed E-state index contributed by atoms with van der Waals surface area (Å²) in [6, 6.07) is 11.3. The molecule has 0 aliphatic carbocycles. The highest BCUT2D eigenvalue weighted by atomic mass is 35.5. The van der Waals surface area contributed by atoms with E-state index in [1.807, 2.05) is 30.3 Å². The highest BCUT2D eigenvalue weighted by molar-refractivity contribution is 6.36. The van der Waals surface area contributed by atoms with E-state index in [9.17, 15) is 4.79 Å². The van der Waals surface area contributed by atoms with Crippen LogP contribution in [0.3, 0.4) is 0 Å². The number of pyridine rings is 1. The van der Waals surface area contributed by atoms with Crippen molar-refractivity contribution in [3.8, 4) is 5.75 Å². The van der Waals surface area contributed by atoms with E-state index in [0.29, 0.717) is 29.7 Å². The number of hydrogen-bond acceptors (Lipinski definition) is 5. The molecule has 0 radical (unpaired) electrons. The van der Waals surface area contributed by atoms with Crippen LogP contribution >= 0.6 is 23.2 Å². The van der Waals surface area contributed by atoms with Crippen LogP contribution in [-0.2, 0) is 4.79 Å². The standard InChI is InChI=1S/C19H22Cl2N4O2/c20-15-12-17(21)19(23-13-15)25-9-7-24(8-10-25)14-18(26)22-6-11-27-16-4-2-1-3-5-16/h1-5,12-13H,6-11,14H2,(H,22,26). The lowest BCUT2D eigenvalue weighted by atomic mass is 10.3. The van der Waals surface area contributed by atoms with Crippen molar-refractivity contribution in [1.29, 1.82) is 0 Å². The lowest BCUT2D eigenvalue weighted by Gasteiger charge is -2.35. The number of hydrogen-bond donors (Lipinski definition) is 1. The predicted octanol–water partition coefficient (Wildman–Crippen LogP) is 2.71. The second-order valence-corrected chi connectivity index (χ2v) is 7.08. The smallest absolute Gasteiger partial charge is 0.234 e. The fraction of sp³-hybridized carbons (Fsp3) is 0.368. The Morgan fingerprint density at radius 2 is 1.89 bits per heavy atom. The Labute approximate surface area is 169 Å². The molecule has 8 heteroatoms. The van der Waals surface area contributed by atoms with Crippen molar-refractivity contribution in [2.75, 3.05) is 50.8 Å². The summed E-state index contributed by atoms with van der Waals surface area (Å²) in [5, 5.41) is 3.96. The summed E-state index contributed by atoms with van der Waals surface area (Å²) in [5.41, 5.74) is 0. The molecule has 6 nitrogen and oxygen atoms in total. The van der Waals surface area contributed by atoms with Gasteiger partial charge >= 0.3 is 0 Å². The minimum Gasteiger partial charge on any atom is -0.492 e. The highest BCUT2D eigenvalue weighted by Crippen LogP contribution is 2.26. The first-order valence-corrected chi connectivity index (χ1v) is 9.60. The molecule has 0 bridgehead atoms.